The first-order valence-corrected chi connectivity index (χ1v) is 18.3. The average Bonchev–Trinajstić information content (AvgIpc) is 3.60. The van der Waals surface area contributed by atoms with Crippen molar-refractivity contribution in [3.8, 4) is 0 Å². The van der Waals surface area contributed by atoms with Crippen LogP contribution in [-0.2, 0) is 0 Å². The summed E-state index contributed by atoms with van der Waals surface area (Å²) in [7, 11) is 0. The van der Waals surface area contributed by atoms with Gasteiger partial charge in [-0.05, 0) is 105 Å². The fraction of sp³-hybridized carbons (Fsp3) is 0.143. The van der Waals surface area contributed by atoms with E-state index in [0.29, 0.717) is 0 Å². The molecular weight excluding hydrogens is 768 g/mol. The van der Waals surface area contributed by atoms with Gasteiger partial charge in [0.05, 0.1) is 11.4 Å². The summed E-state index contributed by atoms with van der Waals surface area (Å²) in [5.74, 6) is 0. The Bertz CT molecular complexity index is 1540. The van der Waals surface area contributed by atoms with E-state index in [2.05, 4.69) is 105 Å². The Labute approximate surface area is 263 Å². The van der Waals surface area contributed by atoms with E-state index in [9.17, 15) is 0 Å². The van der Waals surface area contributed by atoms with Gasteiger partial charge in [0.25, 0.3) is 0 Å². The Balaban J connectivity index is 0.000000133. The van der Waals surface area contributed by atoms with Crippen LogP contribution in [0.4, 0.5) is 0 Å². The highest BCUT2D eigenvalue weighted by atomic mass is 79.9. The molecule has 9 heteroatoms. The summed E-state index contributed by atoms with van der Waals surface area (Å²) < 4.78 is 12.1. The number of benzene rings is 2. The number of hydrogen-bond acceptors (Lipinski definition) is 6. The van der Waals surface area contributed by atoms with Crippen molar-refractivity contribution in [2.45, 2.75) is 28.2 Å². The maximum absolute atomic E-state index is 3.61. The lowest BCUT2D eigenvalue weighted by Crippen LogP contribution is -1.67. The third-order valence-corrected chi connectivity index (χ3v) is 14.4. The third-order valence-electron chi connectivity index (χ3n) is 6.14. The zero-order chi connectivity index (χ0) is 24.9. The van der Waals surface area contributed by atoms with Crippen LogP contribution in [0.2, 0.25) is 0 Å². The zero-order valence-electron chi connectivity index (χ0n) is 19.0. The van der Waals surface area contributed by atoms with E-state index in [0.717, 1.165) is 0 Å². The maximum atomic E-state index is 3.61. The van der Waals surface area contributed by atoms with Crippen molar-refractivity contribution in [3.05, 3.63) is 62.4 Å². The first-order valence-electron chi connectivity index (χ1n) is 11.0. The van der Waals surface area contributed by atoms with E-state index in [1.54, 1.807) is 0 Å². The van der Waals surface area contributed by atoms with Crippen molar-refractivity contribution in [3.63, 3.8) is 0 Å². The Morgan fingerprint density at radius 3 is 0.865 bits per heavy atom. The van der Waals surface area contributed by atoms with Crippen molar-refractivity contribution < 1.29 is 0 Å². The predicted molar refractivity (Wildman–Crippen MR) is 189 cm³/mol. The SMILES string of the molecule is Brc1cc2c(s1)c1cc(Br)sc1c1cc(Br)sc21.C.Cc1cc2c(s1)c1cc(C)sc1c1cc(C)sc21. The standard InChI is InChI=1S/C15H12S3.C12H3Br3S3.CH4/c1-7-4-10-13(16-7)11-5-8(2)18-15(11)12-6-9(3)17-14(10)12;13-7-1-4-10(16-7)5-2-9(15)18-12(5)6-3-8(14)17-11(4)6;/h4-6H,1-3H3;1-3H;1H4. The van der Waals surface area contributed by atoms with Crippen molar-refractivity contribution in [2.24, 2.45) is 0 Å². The van der Waals surface area contributed by atoms with Gasteiger partial charge in [-0.15, -0.1) is 68.0 Å². The molecule has 0 saturated heterocycles. The molecule has 8 rings (SSSR count). The Kier molecular flexibility index (Phi) is 7.20. The van der Waals surface area contributed by atoms with Crippen molar-refractivity contribution >= 4 is 176 Å². The van der Waals surface area contributed by atoms with E-state index in [1.165, 1.54) is 86.5 Å². The molecule has 0 unspecified atom stereocenters. The van der Waals surface area contributed by atoms with Crippen molar-refractivity contribution in [1.29, 1.82) is 0 Å². The Morgan fingerprint density at radius 2 is 0.595 bits per heavy atom. The molecule has 6 heterocycles. The number of rotatable bonds is 0. The van der Waals surface area contributed by atoms with Crippen LogP contribution in [0, 0.1) is 20.8 Å². The summed E-state index contributed by atoms with van der Waals surface area (Å²) in [6, 6.07) is 13.8. The summed E-state index contributed by atoms with van der Waals surface area (Å²) >= 11 is 22.1. The molecule has 188 valence electrons. The first kappa shape index (κ1) is 26.8. The van der Waals surface area contributed by atoms with Crippen LogP contribution in [-0.4, -0.2) is 0 Å². The highest BCUT2D eigenvalue weighted by Crippen LogP contribution is 2.49. The molecular formula is C28H19Br3S6. The monoisotopic (exact) mass is 784 g/mol. The van der Waals surface area contributed by atoms with Gasteiger partial charge < -0.3 is 0 Å². The summed E-state index contributed by atoms with van der Waals surface area (Å²) in [6.45, 7) is 6.63. The summed E-state index contributed by atoms with van der Waals surface area (Å²) in [6.07, 6.45) is 0. The molecule has 0 spiro atoms. The highest BCUT2D eigenvalue weighted by molar-refractivity contribution is 9.11. The van der Waals surface area contributed by atoms with Gasteiger partial charge >= 0.3 is 0 Å². The molecule has 0 saturated carbocycles. The van der Waals surface area contributed by atoms with Crippen LogP contribution < -0.4 is 0 Å². The quantitative estimate of drug-likeness (QED) is 0.144. The lowest BCUT2D eigenvalue weighted by molar-refractivity contribution is 1.66. The summed E-state index contributed by atoms with van der Waals surface area (Å²) in [4.78, 5) is 4.23. The number of fused-ring (bicyclic) bond motifs is 12. The first-order chi connectivity index (χ1) is 17.3. The van der Waals surface area contributed by atoms with Crippen LogP contribution in [0.1, 0.15) is 22.1 Å². The van der Waals surface area contributed by atoms with Gasteiger partial charge in [0.15, 0.2) is 0 Å². The number of thiophene rings is 6. The van der Waals surface area contributed by atoms with Gasteiger partial charge in [0.1, 0.15) is 0 Å². The Morgan fingerprint density at radius 1 is 0.378 bits per heavy atom. The molecule has 0 amide bonds. The molecule has 8 aromatic rings. The van der Waals surface area contributed by atoms with Gasteiger partial charge in [-0.2, -0.15) is 0 Å². The second-order valence-corrected chi connectivity index (χ2v) is 19.7. The predicted octanol–water partition coefficient (Wildman–Crippen LogP) is 14.5. The molecule has 0 nitrogen and oxygen atoms in total. The molecule has 37 heavy (non-hydrogen) atoms. The van der Waals surface area contributed by atoms with Crippen LogP contribution in [0.25, 0.3) is 60.5 Å². The maximum Gasteiger partial charge on any atom is 0.0711 e. The largest absolute Gasteiger partial charge is 0.140 e. The smallest absolute Gasteiger partial charge is 0.0711 e. The van der Waals surface area contributed by atoms with Gasteiger partial charge in [-0.3, -0.25) is 0 Å². The van der Waals surface area contributed by atoms with Crippen LogP contribution in [0.15, 0.2) is 47.8 Å². The van der Waals surface area contributed by atoms with E-state index >= 15 is 0 Å². The lowest BCUT2D eigenvalue weighted by Gasteiger charge is -1.96. The van der Waals surface area contributed by atoms with Crippen molar-refractivity contribution in [1.82, 2.24) is 0 Å². The van der Waals surface area contributed by atoms with Crippen LogP contribution in [0.5, 0.6) is 0 Å². The second kappa shape index (κ2) is 9.93. The topological polar surface area (TPSA) is 0 Å². The molecule has 0 radical (unpaired) electrons. The fourth-order valence-electron chi connectivity index (χ4n) is 4.84. The normalized spacial score (nSPS) is 11.8. The zero-order valence-corrected chi connectivity index (χ0v) is 28.7. The molecule has 0 N–H and O–H groups in total. The van der Waals surface area contributed by atoms with E-state index in [1.807, 2.05) is 68.0 Å². The molecule has 2 aromatic carbocycles. The van der Waals surface area contributed by atoms with Crippen molar-refractivity contribution in [2.75, 3.05) is 0 Å². The number of halogens is 3. The van der Waals surface area contributed by atoms with E-state index in [4.69, 9.17) is 0 Å². The van der Waals surface area contributed by atoms with E-state index < -0.39 is 0 Å². The summed E-state index contributed by atoms with van der Waals surface area (Å²) in [5, 5.41) is 8.43. The minimum Gasteiger partial charge on any atom is -0.140 e. The molecule has 0 aliphatic rings. The molecule has 0 bridgehead atoms. The molecule has 6 aromatic heterocycles. The Hall–Kier alpha value is -0.360. The van der Waals surface area contributed by atoms with Gasteiger partial charge in [0.2, 0.25) is 0 Å². The fourth-order valence-corrected chi connectivity index (χ4v) is 13.2. The minimum atomic E-state index is 0. The van der Waals surface area contributed by atoms with Crippen LogP contribution >= 0.6 is 116 Å². The molecule has 0 aliphatic carbocycles. The van der Waals surface area contributed by atoms with Gasteiger partial charge in [-0.25, -0.2) is 0 Å². The lowest BCUT2D eigenvalue weighted by atomic mass is 10.1. The number of hydrogen-bond donors (Lipinski definition) is 0. The molecule has 0 fully saturated rings. The van der Waals surface area contributed by atoms with Gasteiger partial charge in [0, 0.05) is 75.1 Å². The van der Waals surface area contributed by atoms with Gasteiger partial charge in [-0.1, -0.05) is 7.43 Å². The third kappa shape index (κ3) is 4.41. The molecule has 0 aliphatic heterocycles. The highest BCUT2D eigenvalue weighted by Gasteiger charge is 2.16. The summed E-state index contributed by atoms with van der Waals surface area (Å²) in [5.41, 5.74) is 0. The molecule has 0 atom stereocenters. The minimum absolute atomic E-state index is 0. The second-order valence-electron chi connectivity index (χ2n) is 8.68. The van der Waals surface area contributed by atoms with E-state index in [-0.39, 0.29) is 7.43 Å². The average molecular weight is 788 g/mol. The number of aryl methyl sites for hydroxylation is 3. The van der Waals surface area contributed by atoms with Crippen LogP contribution in [0.3, 0.4) is 0 Å².